The van der Waals surface area contributed by atoms with E-state index in [-0.39, 0.29) is 5.91 Å². The van der Waals surface area contributed by atoms with Crippen molar-refractivity contribution in [1.29, 1.82) is 0 Å². The van der Waals surface area contributed by atoms with Crippen molar-refractivity contribution in [3.8, 4) is 0 Å². The molecule has 110 valence electrons. The van der Waals surface area contributed by atoms with E-state index < -0.39 is 0 Å². The molecule has 0 saturated heterocycles. The van der Waals surface area contributed by atoms with E-state index in [0.29, 0.717) is 24.1 Å². The van der Waals surface area contributed by atoms with Gasteiger partial charge in [-0.3, -0.25) is 4.79 Å². The second-order valence-corrected chi connectivity index (χ2v) is 5.18. The van der Waals surface area contributed by atoms with Gasteiger partial charge in [-0.2, -0.15) is 0 Å². The van der Waals surface area contributed by atoms with Crippen LogP contribution in [0.1, 0.15) is 41.8 Å². The number of hydrogen-bond donors (Lipinski definition) is 2. The Hall–Kier alpha value is -2.37. The van der Waals surface area contributed by atoms with Crippen LogP contribution in [0.15, 0.2) is 35.2 Å². The fourth-order valence-corrected chi connectivity index (χ4v) is 2.45. The maximum atomic E-state index is 12.0. The normalized spacial score (nSPS) is 15.0. The van der Waals surface area contributed by atoms with Gasteiger partial charge in [-0.25, -0.2) is 9.97 Å². The van der Waals surface area contributed by atoms with Crippen LogP contribution in [0.2, 0.25) is 0 Å². The molecule has 0 atom stereocenters. The number of nitrogens with zero attached hydrogens (tertiary/aromatic N) is 2. The Kier molecular flexibility index (Phi) is 4.14. The minimum Gasteiger partial charge on any atom is -0.467 e. The summed E-state index contributed by atoms with van der Waals surface area (Å²) in [5.74, 6) is 1.19. The van der Waals surface area contributed by atoms with Crippen LogP contribution in [-0.4, -0.2) is 21.9 Å². The number of hydrogen-bond acceptors (Lipinski definition) is 5. The first-order valence-corrected chi connectivity index (χ1v) is 7.20. The first kappa shape index (κ1) is 13.6. The van der Waals surface area contributed by atoms with E-state index in [0.717, 1.165) is 18.6 Å². The lowest BCUT2D eigenvalue weighted by molar-refractivity contribution is 0.0937. The van der Waals surface area contributed by atoms with Gasteiger partial charge in [-0.05, 0) is 25.0 Å². The van der Waals surface area contributed by atoms with Gasteiger partial charge in [0.15, 0.2) is 0 Å². The molecule has 0 aromatic carbocycles. The molecule has 6 heteroatoms. The Morgan fingerprint density at radius 2 is 2.05 bits per heavy atom. The Morgan fingerprint density at radius 3 is 2.71 bits per heavy atom. The molecule has 0 bridgehead atoms. The van der Waals surface area contributed by atoms with E-state index in [9.17, 15) is 4.79 Å². The van der Waals surface area contributed by atoms with Gasteiger partial charge in [0.05, 0.1) is 18.4 Å². The predicted octanol–water partition coefficient (Wildman–Crippen LogP) is 2.35. The molecular formula is C15H18N4O2. The number of aromatic nitrogens is 2. The van der Waals surface area contributed by atoms with Gasteiger partial charge in [-0.15, -0.1) is 0 Å². The molecule has 2 aromatic heterocycles. The molecule has 0 unspecified atom stereocenters. The molecular weight excluding hydrogens is 268 g/mol. The van der Waals surface area contributed by atoms with Crippen LogP contribution < -0.4 is 10.6 Å². The third kappa shape index (κ3) is 3.59. The van der Waals surface area contributed by atoms with Crippen molar-refractivity contribution >= 4 is 11.9 Å². The van der Waals surface area contributed by atoms with Gasteiger partial charge in [0.25, 0.3) is 5.91 Å². The molecule has 1 fully saturated rings. The number of rotatable bonds is 5. The minimum absolute atomic E-state index is 0.0977. The Morgan fingerprint density at radius 1 is 1.29 bits per heavy atom. The molecule has 21 heavy (non-hydrogen) atoms. The topological polar surface area (TPSA) is 80.0 Å². The van der Waals surface area contributed by atoms with Crippen LogP contribution in [0.25, 0.3) is 0 Å². The van der Waals surface area contributed by atoms with Crippen LogP contribution in [0, 0.1) is 0 Å². The average Bonchev–Trinajstić information content (AvgIpc) is 3.19. The predicted molar refractivity (Wildman–Crippen MR) is 77.8 cm³/mol. The summed E-state index contributed by atoms with van der Waals surface area (Å²) in [5.41, 5.74) is 0.491. The van der Waals surface area contributed by atoms with Crippen LogP contribution in [0.4, 0.5) is 5.95 Å². The van der Waals surface area contributed by atoms with Crippen molar-refractivity contribution in [3.63, 3.8) is 0 Å². The highest BCUT2D eigenvalue weighted by atomic mass is 16.3. The van der Waals surface area contributed by atoms with Gasteiger partial charge >= 0.3 is 0 Å². The molecule has 0 aliphatic heterocycles. The first-order valence-electron chi connectivity index (χ1n) is 7.20. The fourth-order valence-electron chi connectivity index (χ4n) is 2.45. The van der Waals surface area contributed by atoms with E-state index >= 15 is 0 Å². The molecule has 2 aromatic rings. The second-order valence-electron chi connectivity index (χ2n) is 5.18. The smallest absolute Gasteiger partial charge is 0.254 e. The van der Waals surface area contributed by atoms with Crippen LogP contribution in [0.3, 0.4) is 0 Å². The number of amides is 1. The van der Waals surface area contributed by atoms with Crippen LogP contribution in [-0.2, 0) is 6.54 Å². The lowest BCUT2D eigenvalue weighted by Gasteiger charge is -2.11. The van der Waals surface area contributed by atoms with E-state index in [2.05, 4.69) is 20.6 Å². The third-order valence-electron chi connectivity index (χ3n) is 3.61. The van der Waals surface area contributed by atoms with Gasteiger partial charge in [-0.1, -0.05) is 12.8 Å². The largest absolute Gasteiger partial charge is 0.467 e. The van der Waals surface area contributed by atoms with E-state index in [1.807, 2.05) is 12.1 Å². The van der Waals surface area contributed by atoms with Crippen LogP contribution in [0.5, 0.6) is 0 Å². The molecule has 1 saturated carbocycles. The Balaban J connectivity index is 1.54. The highest BCUT2D eigenvalue weighted by Gasteiger charge is 2.18. The molecule has 1 amide bonds. The van der Waals surface area contributed by atoms with Gasteiger partial charge < -0.3 is 15.1 Å². The number of nitrogens with one attached hydrogen (secondary N) is 2. The minimum atomic E-state index is -0.0977. The van der Waals surface area contributed by atoms with Crippen molar-refractivity contribution in [1.82, 2.24) is 15.3 Å². The van der Waals surface area contributed by atoms with Crippen molar-refractivity contribution in [2.45, 2.75) is 38.3 Å². The summed E-state index contributed by atoms with van der Waals surface area (Å²) in [6.07, 6.45) is 9.22. The monoisotopic (exact) mass is 286 g/mol. The highest BCUT2D eigenvalue weighted by Crippen LogP contribution is 2.18. The molecule has 1 aliphatic carbocycles. The Bertz CT molecular complexity index is 574. The van der Waals surface area contributed by atoms with Crippen molar-refractivity contribution in [3.05, 3.63) is 42.1 Å². The first-order chi connectivity index (χ1) is 10.3. The zero-order valence-electron chi connectivity index (χ0n) is 11.7. The lowest BCUT2D eigenvalue weighted by Crippen LogP contribution is -2.32. The van der Waals surface area contributed by atoms with Gasteiger partial charge in [0.1, 0.15) is 5.76 Å². The van der Waals surface area contributed by atoms with E-state index in [1.54, 1.807) is 18.7 Å². The zero-order valence-corrected chi connectivity index (χ0v) is 11.7. The van der Waals surface area contributed by atoms with Crippen molar-refractivity contribution in [2.24, 2.45) is 0 Å². The lowest BCUT2D eigenvalue weighted by atomic mass is 10.2. The summed E-state index contributed by atoms with van der Waals surface area (Å²) in [6, 6.07) is 4.00. The maximum Gasteiger partial charge on any atom is 0.254 e. The summed E-state index contributed by atoms with van der Waals surface area (Å²) >= 11 is 0. The van der Waals surface area contributed by atoms with E-state index in [4.69, 9.17) is 4.42 Å². The molecule has 0 spiro atoms. The van der Waals surface area contributed by atoms with Crippen molar-refractivity contribution < 1.29 is 9.21 Å². The van der Waals surface area contributed by atoms with Crippen molar-refractivity contribution in [2.75, 3.05) is 5.32 Å². The second kappa shape index (κ2) is 6.39. The van der Waals surface area contributed by atoms with E-state index in [1.165, 1.54) is 12.8 Å². The Labute approximate surface area is 123 Å². The molecule has 6 nitrogen and oxygen atoms in total. The summed E-state index contributed by atoms with van der Waals surface area (Å²) in [6.45, 7) is 0.515. The number of carbonyl (C=O) groups excluding carboxylic acids is 1. The van der Waals surface area contributed by atoms with Crippen LogP contribution >= 0.6 is 0 Å². The summed E-state index contributed by atoms with van der Waals surface area (Å²) in [4.78, 5) is 20.3. The molecule has 3 rings (SSSR count). The average molecular weight is 286 g/mol. The van der Waals surface area contributed by atoms with Gasteiger partial charge in [0.2, 0.25) is 5.95 Å². The number of carbonyl (C=O) groups is 1. The standard InChI is InChI=1S/C15H18N4O2/c20-14(19-12-4-1-2-5-12)11-8-16-15(17-9-11)18-10-13-6-3-7-21-13/h3,6-9,12H,1-2,4-5,10H2,(H,19,20)(H,16,17,18). The van der Waals surface area contributed by atoms with Gasteiger partial charge in [0, 0.05) is 18.4 Å². The molecule has 1 aliphatic rings. The number of anilines is 1. The summed E-state index contributed by atoms with van der Waals surface area (Å²) in [5, 5.41) is 6.05. The highest BCUT2D eigenvalue weighted by molar-refractivity contribution is 5.93. The quantitative estimate of drug-likeness (QED) is 0.882. The maximum absolute atomic E-state index is 12.0. The fraction of sp³-hybridized carbons (Fsp3) is 0.400. The number of furan rings is 1. The summed E-state index contributed by atoms with van der Waals surface area (Å²) in [7, 11) is 0. The molecule has 2 N–H and O–H groups in total. The molecule has 2 heterocycles. The SMILES string of the molecule is O=C(NC1CCCC1)c1cnc(NCc2ccco2)nc1. The molecule has 0 radical (unpaired) electrons. The zero-order chi connectivity index (χ0) is 14.5. The third-order valence-corrected chi connectivity index (χ3v) is 3.61. The summed E-state index contributed by atoms with van der Waals surface area (Å²) < 4.78 is 5.21.